The van der Waals surface area contributed by atoms with Gasteiger partial charge in [-0.2, -0.15) is 0 Å². The molecule has 1 aliphatic heterocycles. The third-order valence-electron chi connectivity index (χ3n) is 3.80. The Kier molecular flexibility index (Phi) is 5.73. The van der Waals surface area contributed by atoms with Crippen molar-refractivity contribution >= 4 is 0 Å². The molecule has 0 amide bonds. The van der Waals surface area contributed by atoms with Gasteiger partial charge in [0, 0.05) is 12.6 Å². The first-order valence-electron chi connectivity index (χ1n) is 6.80. The van der Waals surface area contributed by atoms with Gasteiger partial charge in [0.1, 0.15) is 0 Å². The molecule has 0 aromatic heterocycles. The normalized spacial score (nSPS) is 30.0. The molecule has 1 fully saturated rings. The van der Waals surface area contributed by atoms with E-state index in [1.807, 2.05) is 0 Å². The summed E-state index contributed by atoms with van der Waals surface area (Å²) < 4.78 is 0. The molecule has 0 bridgehead atoms. The SMILES string of the molecule is CCCN1CCCC(O)(C(C)NCC)CC1. The third-order valence-corrected chi connectivity index (χ3v) is 3.80. The molecule has 0 saturated carbocycles. The molecule has 2 atom stereocenters. The van der Waals surface area contributed by atoms with Crippen LogP contribution in [0.1, 0.15) is 46.5 Å². The maximum atomic E-state index is 10.6. The molecule has 2 N–H and O–H groups in total. The van der Waals surface area contributed by atoms with Crippen LogP contribution in [0.5, 0.6) is 0 Å². The monoisotopic (exact) mass is 228 g/mol. The lowest BCUT2D eigenvalue weighted by atomic mass is 9.87. The molecule has 1 rings (SSSR count). The lowest BCUT2D eigenvalue weighted by Crippen LogP contribution is -2.49. The van der Waals surface area contributed by atoms with Crippen LogP contribution in [0.15, 0.2) is 0 Å². The van der Waals surface area contributed by atoms with Crippen molar-refractivity contribution in [1.29, 1.82) is 0 Å². The fourth-order valence-electron chi connectivity index (χ4n) is 2.67. The zero-order valence-corrected chi connectivity index (χ0v) is 11.1. The molecule has 3 nitrogen and oxygen atoms in total. The molecule has 0 aliphatic carbocycles. The molecule has 3 heteroatoms. The van der Waals surface area contributed by atoms with Crippen molar-refractivity contribution in [2.45, 2.75) is 58.1 Å². The molecule has 1 heterocycles. The predicted octanol–water partition coefficient (Wildman–Crippen LogP) is 1.61. The van der Waals surface area contributed by atoms with E-state index in [0.29, 0.717) is 0 Å². The van der Waals surface area contributed by atoms with E-state index in [1.54, 1.807) is 0 Å². The van der Waals surface area contributed by atoms with Crippen LogP contribution in [-0.2, 0) is 0 Å². The van der Waals surface area contributed by atoms with E-state index in [2.05, 4.69) is 31.0 Å². The Bertz CT molecular complexity index is 198. The number of likely N-dealkylation sites (tertiary alicyclic amines) is 1. The van der Waals surface area contributed by atoms with Crippen LogP contribution in [0.25, 0.3) is 0 Å². The zero-order valence-electron chi connectivity index (χ0n) is 11.1. The number of hydrogen-bond donors (Lipinski definition) is 2. The summed E-state index contributed by atoms with van der Waals surface area (Å²) in [6.07, 6.45) is 4.16. The summed E-state index contributed by atoms with van der Waals surface area (Å²) in [6, 6.07) is 0.207. The lowest BCUT2D eigenvalue weighted by Gasteiger charge is -2.33. The van der Waals surface area contributed by atoms with E-state index in [0.717, 1.165) is 38.9 Å². The molecule has 96 valence electrons. The summed E-state index contributed by atoms with van der Waals surface area (Å²) >= 11 is 0. The van der Waals surface area contributed by atoms with E-state index in [1.165, 1.54) is 13.0 Å². The average Bonchev–Trinajstić information content (AvgIpc) is 2.43. The van der Waals surface area contributed by atoms with Gasteiger partial charge in [-0.1, -0.05) is 13.8 Å². The van der Waals surface area contributed by atoms with E-state index >= 15 is 0 Å². The number of nitrogens with zero attached hydrogens (tertiary/aromatic N) is 1. The molecular weight excluding hydrogens is 200 g/mol. The van der Waals surface area contributed by atoms with Crippen molar-refractivity contribution in [3.63, 3.8) is 0 Å². The van der Waals surface area contributed by atoms with Crippen molar-refractivity contribution in [1.82, 2.24) is 10.2 Å². The number of rotatable bonds is 5. The second kappa shape index (κ2) is 6.58. The van der Waals surface area contributed by atoms with Gasteiger partial charge in [0.2, 0.25) is 0 Å². The molecule has 2 unspecified atom stereocenters. The van der Waals surface area contributed by atoms with Gasteiger partial charge >= 0.3 is 0 Å². The highest BCUT2D eigenvalue weighted by molar-refractivity contribution is 4.91. The topological polar surface area (TPSA) is 35.5 Å². The van der Waals surface area contributed by atoms with Crippen LogP contribution in [0.2, 0.25) is 0 Å². The van der Waals surface area contributed by atoms with E-state index in [4.69, 9.17) is 0 Å². The van der Waals surface area contributed by atoms with Crippen molar-refractivity contribution < 1.29 is 5.11 Å². The first-order chi connectivity index (χ1) is 7.62. The van der Waals surface area contributed by atoms with Gasteiger partial charge < -0.3 is 15.3 Å². The first kappa shape index (κ1) is 13.9. The van der Waals surface area contributed by atoms with Gasteiger partial charge in [0.05, 0.1) is 5.60 Å². The number of hydrogen-bond acceptors (Lipinski definition) is 3. The van der Waals surface area contributed by atoms with Crippen LogP contribution < -0.4 is 5.32 Å². The Morgan fingerprint density at radius 2 is 2.06 bits per heavy atom. The molecule has 1 saturated heterocycles. The Morgan fingerprint density at radius 1 is 1.31 bits per heavy atom. The number of aliphatic hydroxyl groups is 1. The highest BCUT2D eigenvalue weighted by Gasteiger charge is 2.34. The van der Waals surface area contributed by atoms with Gasteiger partial charge in [0.25, 0.3) is 0 Å². The van der Waals surface area contributed by atoms with Gasteiger partial charge in [-0.15, -0.1) is 0 Å². The predicted molar refractivity (Wildman–Crippen MR) is 68.7 cm³/mol. The minimum absolute atomic E-state index is 0.207. The lowest BCUT2D eigenvalue weighted by molar-refractivity contribution is -0.00552. The van der Waals surface area contributed by atoms with Crippen molar-refractivity contribution in [2.24, 2.45) is 0 Å². The summed E-state index contributed by atoms with van der Waals surface area (Å²) in [7, 11) is 0. The van der Waals surface area contributed by atoms with Gasteiger partial charge in [0.15, 0.2) is 0 Å². The average molecular weight is 228 g/mol. The fourth-order valence-corrected chi connectivity index (χ4v) is 2.67. The Labute approximate surface area is 100 Å². The van der Waals surface area contributed by atoms with Crippen LogP contribution in [0.4, 0.5) is 0 Å². The minimum Gasteiger partial charge on any atom is -0.388 e. The largest absolute Gasteiger partial charge is 0.388 e. The van der Waals surface area contributed by atoms with E-state index < -0.39 is 5.60 Å². The Morgan fingerprint density at radius 3 is 2.69 bits per heavy atom. The quantitative estimate of drug-likeness (QED) is 0.750. The van der Waals surface area contributed by atoms with Crippen LogP contribution in [0, 0.1) is 0 Å². The first-order valence-corrected chi connectivity index (χ1v) is 6.80. The second-order valence-electron chi connectivity index (χ2n) is 5.08. The minimum atomic E-state index is -0.501. The summed E-state index contributed by atoms with van der Waals surface area (Å²) in [6.45, 7) is 10.7. The van der Waals surface area contributed by atoms with E-state index in [-0.39, 0.29) is 6.04 Å². The van der Waals surface area contributed by atoms with Crippen molar-refractivity contribution in [3.8, 4) is 0 Å². The van der Waals surface area contributed by atoms with Crippen molar-refractivity contribution in [2.75, 3.05) is 26.2 Å². The van der Waals surface area contributed by atoms with Gasteiger partial charge in [-0.25, -0.2) is 0 Å². The third kappa shape index (κ3) is 3.72. The summed E-state index contributed by atoms with van der Waals surface area (Å²) in [5.41, 5.74) is -0.501. The van der Waals surface area contributed by atoms with Crippen LogP contribution in [-0.4, -0.2) is 47.8 Å². The highest BCUT2D eigenvalue weighted by Crippen LogP contribution is 2.25. The standard InChI is InChI=1S/C13H28N2O/c1-4-9-15-10-6-7-13(16,8-11-15)12(3)14-5-2/h12,14,16H,4-11H2,1-3H3. The Balaban J connectivity index is 2.49. The summed E-state index contributed by atoms with van der Waals surface area (Å²) in [5.74, 6) is 0. The number of nitrogens with one attached hydrogen (secondary N) is 1. The van der Waals surface area contributed by atoms with Gasteiger partial charge in [-0.3, -0.25) is 0 Å². The molecule has 1 aliphatic rings. The molecule has 0 aromatic rings. The van der Waals surface area contributed by atoms with Crippen LogP contribution >= 0.6 is 0 Å². The summed E-state index contributed by atoms with van der Waals surface area (Å²) in [4.78, 5) is 2.48. The van der Waals surface area contributed by atoms with Crippen LogP contribution in [0.3, 0.4) is 0 Å². The Hall–Kier alpha value is -0.120. The molecule has 16 heavy (non-hydrogen) atoms. The molecular formula is C13H28N2O. The maximum absolute atomic E-state index is 10.6. The summed E-state index contributed by atoms with van der Waals surface area (Å²) in [5, 5.41) is 14.0. The number of likely N-dealkylation sites (N-methyl/N-ethyl adjacent to an activating group) is 1. The smallest absolute Gasteiger partial charge is 0.0809 e. The van der Waals surface area contributed by atoms with E-state index in [9.17, 15) is 5.11 Å². The van der Waals surface area contributed by atoms with Crippen molar-refractivity contribution in [3.05, 3.63) is 0 Å². The molecule has 0 aromatic carbocycles. The second-order valence-corrected chi connectivity index (χ2v) is 5.08. The van der Waals surface area contributed by atoms with Gasteiger partial charge in [-0.05, 0) is 52.2 Å². The molecule has 0 spiro atoms. The maximum Gasteiger partial charge on any atom is 0.0809 e. The molecule has 0 radical (unpaired) electrons. The fraction of sp³-hybridized carbons (Fsp3) is 1.00. The highest BCUT2D eigenvalue weighted by atomic mass is 16.3. The zero-order chi connectivity index (χ0) is 12.0.